The highest BCUT2D eigenvalue weighted by atomic mass is 16.6. The van der Waals surface area contributed by atoms with E-state index in [4.69, 9.17) is 4.74 Å². The van der Waals surface area contributed by atoms with Crippen LogP contribution in [0, 0.1) is 0 Å². The monoisotopic (exact) mass is 326 g/mol. The van der Waals surface area contributed by atoms with Crippen molar-refractivity contribution in [2.75, 3.05) is 0 Å². The average Bonchev–Trinajstić information content (AvgIpc) is 2.96. The summed E-state index contributed by atoms with van der Waals surface area (Å²) in [4.78, 5) is 18.2. The number of carbonyl (C=O) groups excluding carboxylic acids is 1. The molecule has 126 valence electrons. The number of hydrogen-bond donors (Lipinski definition) is 1. The van der Waals surface area contributed by atoms with Crippen LogP contribution in [0.15, 0.2) is 42.6 Å². The third kappa shape index (κ3) is 3.57. The van der Waals surface area contributed by atoms with Crippen molar-refractivity contribution in [1.82, 2.24) is 9.88 Å². The van der Waals surface area contributed by atoms with E-state index >= 15 is 0 Å². The van der Waals surface area contributed by atoms with Gasteiger partial charge in [-0.15, -0.1) is 0 Å². The van der Waals surface area contributed by atoms with E-state index in [0.717, 1.165) is 16.7 Å². The minimum absolute atomic E-state index is 0.330. The largest absolute Gasteiger partial charge is 0.444 e. The Morgan fingerprint density at radius 1 is 1.21 bits per heavy atom. The Morgan fingerprint density at radius 2 is 1.88 bits per heavy atom. The predicted molar refractivity (Wildman–Crippen MR) is 90.2 cm³/mol. The molecule has 5 heteroatoms. The topological polar surface area (TPSA) is 62.7 Å². The number of aromatic nitrogens is 1. The average molecular weight is 326 g/mol. The first-order valence-electron chi connectivity index (χ1n) is 8.02. The van der Waals surface area contributed by atoms with E-state index in [1.54, 1.807) is 11.1 Å². The van der Waals surface area contributed by atoms with Gasteiger partial charge < -0.3 is 9.84 Å². The van der Waals surface area contributed by atoms with E-state index in [0.29, 0.717) is 18.8 Å². The van der Waals surface area contributed by atoms with Gasteiger partial charge in [-0.3, -0.25) is 9.88 Å². The van der Waals surface area contributed by atoms with Crippen LogP contribution in [0.4, 0.5) is 4.79 Å². The van der Waals surface area contributed by atoms with Gasteiger partial charge in [0, 0.05) is 12.7 Å². The van der Waals surface area contributed by atoms with Crippen molar-refractivity contribution in [1.29, 1.82) is 0 Å². The number of aliphatic hydroxyl groups is 1. The van der Waals surface area contributed by atoms with E-state index in [1.807, 2.05) is 57.2 Å². The third-order valence-electron chi connectivity index (χ3n) is 3.87. The molecule has 1 aliphatic heterocycles. The van der Waals surface area contributed by atoms with Crippen LogP contribution in [-0.4, -0.2) is 26.7 Å². The lowest BCUT2D eigenvalue weighted by Gasteiger charge is -2.24. The van der Waals surface area contributed by atoms with Gasteiger partial charge in [-0.05, 0) is 43.5 Å². The number of benzene rings is 1. The van der Waals surface area contributed by atoms with Crippen LogP contribution in [0.25, 0.3) is 0 Å². The molecule has 3 rings (SSSR count). The molecule has 2 heterocycles. The number of ether oxygens (including phenoxy) is 1. The highest BCUT2D eigenvalue weighted by molar-refractivity contribution is 5.69. The molecular formula is C19H22N2O3. The lowest BCUT2D eigenvalue weighted by molar-refractivity contribution is 0.0242. The Bertz CT molecular complexity index is 738. The number of aliphatic hydroxyl groups excluding tert-OH is 1. The molecule has 1 aliphatic rings. The lowest BCUT2D eigenvalue weighted by Crippen LogP contribution is -2.33. The van der Waals surface area contributed by atoms with E-state index in [-0.39, 0.29) is 6.09 Å². The predicted octanol–water partition coefficient (Wildman–Crippen LogP) is 3.41. The van der Waals surface area contributed by atoms with E-state index < -0.39 is 11.7 Å². The number of carbonyl (C=O) groups is 1. The van der Waals surface area contributed by atoms with Crippen LogP contribution >= 0.6 is 0 Å². The number of nitrogens with zero attached hydrogens (tertiary/aromatic N) is 2. The van der Waals surface area contributed by atoms with Gasteiger partial charge in [0.25, 0.3) is 0 Å². The molecular weight excluding hydrogens is 304 g/mol. The lowest BCUT2D eigenvalue weighted by atomic mass is 10.0. The zero-order valence-corrected chi connectivity index (χ0v) is 14.2. The molecule has 0 saturated heterocycles. The quantitative estimate of drug-likeness (QED) is 0.918. The van der Waals surface area contributed by atoms with Crippen molar-refractivity contribution in [2.24, 2.45) is 0 Å². The molecule has 0 radical (unpaired) electrons. The van der Waals surface area contributed by atoms with Crippen molar-refractivity contribution in [3.05, 3.63) is 65.0 Å². The standard InChI is InChI=1S/C19H22N2O3/c1-19(2,3)24-18(23)21-11-14-9-16(20-10-15(14)12-21)17(22)13-7-5-4-6-8-13/h4-10,17,22H,11-12H2,1-3H3. The molecule has 0 fully saturated rings. The second kappa shape index (κ2) is 6.24. The van der Waals surface area contributed by atoms with Crippen LogP contribution in [0.2, 0.25) is 0 Å². The maximum atomic E-state index is 12.2. The van der Waals surface area contributed by atoms with Gasteiger partial charge in [0.2, 0.25) is 0 Å². The van der Waals surface area contributed by atoms with Gasteiger partial charge in [0.05, 0.1) is 12.2 Å². The maximum Gasteiger partial charge on any atom is 0.410 e. The summed E-state index contributed by atoms with van der Waals surface area (Å²) >= 11 is 0. The van der Waals surface area contributed by atoms with Gasteiger partial charge in [0.15, 0.2) is 0 Å². The summed E-state index contributed by atoms with van der Waals surface area (Å²) in [6.45, 7) is 6.51. The normalized spacial score (nSPS) is 15.1. The highest BCUT2D eigenvalue weighted by Crippen LogP contribution is 2.28. The molecule has 1 amide bonds. The van der Waals surface area contributed by atoms with Crippen LogP contribution in [-0.2, 0) is 17.8 Å². The Labute approximate surface area is 141 Å². The van der Waals surface area contributed by atoms with Crippen LogP contribution in [0.5, 0.6) is 0 Å². The van der Waals surface area contributed by atoms with Gasteiger partial charge in [-0.25, -0.2) is 4.79 Å². The first-order valence-corrected chi connectivity index (χ1v) is 8.02. The fraction of sp³-hybridized carbons (Fsp3) is 0.368. The third-order valence-corrected chi connectivity index (χ3v) is 3.87. The summed E-state index contributed by atoms with van der Waals surface area (Å²) in [6, 6.07) is 11.3. The smallest absolute Gasteiger partial charge is 0.410 e. The molecule has 1 aromatic carbocycles. The highest BCUT2D eigenvalue weighted by Gasteiger charge is 2.28. The zero-order valence-electron chi connectivity index (χ0n) is 14.2. The second-order valence-corrected chi connectivity index (χ2v) is 7.03. The Kier molecular flexibility index (Phi) is 4.28. The zero-order chi connectivity index (χ0) is 17.3. The summed E-state index contributed by atoms with van der Waals surface area (Å²) in [5.41, 5.74) is 2.86. The Morgan fingerprint density at radius 3 is 2.54 bits per heavy atom. The first kappa shape index (κ1) is 16.5. The summed E-state index contributed by atoms with van der Waals surface area (Å²) < 4.78 is 5.42. The molecule has 1 aromatic heterocycles. The Hall–Kier alpha value is -2.40. The Balaban J connectivity index is 1.76. The first-order chi connectivity index (χ1) is 11.3. The van der Waals surface area contributed by atoms with E-state index in [2.05, 4.69) is 4.98 Å². The molecule has 1 unspecified atom stereocenters. The van der Waals surface area contributed by atoms with Crippen LogP contribution in [0.3, 0.4) is 0 Å². The summed E-state index contributed by atoms with van der Waals surface area (Å²) in [6.07, 6.45) is 0.636. The maximum absolute atomic E-state index is 12.2. The molecule has 5 nitrogen and oxygen atoms in total. The second-order valence-electron chi connectivity index (χ2n) is 7.03. The summed E-state index contributed by atoms with van der Waals surface area (Å²) in [5, 5.41) is 10.5. The number of fused-ring (bicyclic) bond motifs is 1. The molecule has 1 N–H and O–H groups in total. The fourth-order valence-electron chi connectivity index (χ4n) is 2.71. The van der Waals surface area contributed by atoms with Gasteiger partial charge in [-0.2, -0.15) is 0 Å². The molecule has 0 aliphatic carbocycles. The van der Waals surface area contributed by atoms with Gasteiger partial charge >= 0.3 is 6.09 Å². The molecule has 24 heavy (non-hydrogen) atoms. The van der Waals surface area contributed by atoms with Gasteiger partial charge in [-0.1, -0.05) is 30.3 Å². The molecule has 0 bridgehead atoms. The van der Waals surface area contributed by atoms with Crippen LogP contribution in [0.1, 0.15) is 49.3 Å². The van der Waals surface area contributed by atoms with Crippen molar-refractivity contribution in [3.63, 3.8) is 0 Å². The number of amides is 1. The van der Waals surface area contributed by atoms with Crippen molar-refractivity contribution in [3.8, 4) is 0 Å². The van der Waals surface area contributed by atoms with E-state index in [1.165, 1.54) is 0 Å². The molecule has 2 aromatic rings. The molecule has 1 atom stereocenters. The number of hydrogen-bond acceptors (Lipinski definition) is 4. The van der Waals surface area contributed by atoms with Crippen LogP contribution < -0.4 is 0 Å². The minimum Gasteiger partial charge on any atom is -0.444 e. The van der Waals surface area contributed by atoms with Gasteiger partial charge in [0.1, 0.15) is 11.7 Å². The number of rotatable bonds is 2. The van der Waals surface area contributed by atoms with Crippen molar-refractivity contribution < 1.29 is 14.6 Å². The fourth-order valence-corrected chi connectivity index (χ4v) is 2.71. The summed E-state index contributed by atoms with van der Waals surface area (Å²) in [5.74, 6) is 0. The summed E-state index contributed by atoms with van der Waals surface area (Å²) in [7, 11) is 0. The van der Waals surface area contributed by atoms with Crippen molar-refractivity contribution in [2.45, 2.75) is 45.6 Å². The molecule has 0 saturated carbocycles. The van der Waals surface area contributed by atoms with E-state index in [9.17, 15) is 9.90 Å². The minimum atomic E-state index is -0.771. The number of pyridine rings is 1. The SMILES string of the molecule is CC(C)(C)OC(=O)N1Cc2cnc(C(O)c3ccccc3)cc2C1. The van der Waals surface area contributed by atoms with Crippen molar-refractivity contribution >= 4 is 6.09 Å². The molecule has 0 spiro atoms.